The van der Waals surface area contributed by atoms with Gasteiger partial charge in [0.2, 0.25) is 0 Å². The SMILES string of the molecule is CCc1nnc2ccc(NCc3ccc(N4CCCCC4)nc3)nn12. The molecule has 1 aliphatic heterocycles. The van der Waals surface area contributed by atoms with Crippen molar-refractivity contribution in [3.63, 3.8) is 0 Å². The van der Waals surface area contributed by atoms with Crippen LogP contribution in [0.4, 0.5) is 11.6 Å². The van der Waals surface area contributed by atoms with E-state index in [4.69, 9.17) is 0 Å². The molecule has 1 fully saturated rings. The molecule has 3 aromatic rings. The van der Waals surface area contributed by atoms with Crippen LogP contribution in [0.2, 0.25) is 0 Å². The molecule has 0 aromatic carbocycles. The molecule has 0 radical (unpaired) electrons. The topological polar surface area (TPSA) is 71.2 Å². The number of nitrogens with one attached hydrogen (secondary N) is 1. The van der Waals surface area contributed by atoms with Crippen molar-refractivity contribution in [1.29, 1.82) is 0 Å². The third-order valence-electron chi connectivity index (χ3n) is 4.61. The number of aryl methyl sites for hydroxylation is 1. The highest BCUT2D eigenvalue weighted by molar-refractivity contribution is 5.45. The van der Waals surface area contributed by atoms with Gasteiger partial charge in [0.15, 0.2) is 11.5 Å². The molecule has 4 heterocycles. The smallest absolute Gasteiger partial charge is 0.178 e. The quantitative estimate of drug-likeness (QED) is 0.772. The van der Waals surface area contributed by atoms with Gasteiger partial charge in [-0.05, 0) is 43.0 Å². The lowest BCUT2D eigenvalue weighted by atomic mass is 10.1. The van der Waals surface area contributed by atoms with E-state index in [0.717, 1.165) is 48.2 Å². The average Bonchev–Trinajstić information content (AvgIpc) is 3.10. The number of rotatable bonds is 5. The number of hydrogen-bond donors (Lipinski definition) is 1. The van der Waals surface area contributed by atoms with Gasteiger partial charge in [-0.1, -0.05) is 13.0 Å². The second-order valence-electron chi connectivity index (χ2n) is 6.38. The third kappa shape index (κ3) is 3.40. The first-order valence-corrected chi connectivity index (χ1v) is 8.98. The van der Waals surface area contributed by atoms with Crippen molar-refractivity contribution in [2.75, 3.05) is 23.3 Å². The van der Waals surface area contributed by atoms with Gasteiger partial charge in [-0.2, -0.15) is 4.52 Å². The van der Waals surface area contributed by atoms with Gasteiger partial charge < -0.3 is 10.2 Å². The van der Waals surface area contributed by atoms with Crippen LogP contribution in [0.5, 0.6) is 0 Å². The second-order valence-corrected chi connectivity index (χ2v) is 6.38. The minimum Gasteiger partial charge on any atom is -0.364 e. The Kier molecular flexibility index (Phi) is 4.45. The number of hydrogen-bond acceptors (Lipinski definition) is 6. The zero-order chi connectivity index (χ0) is 17.1. The molecule has 1 saturated heterocycles. The van der Waals surface area contributed by atoms with Gasteiger partial charge in [-0.3, -0.25) is 0 Å². The lowest BCUT2D eigenvalue weighted by Crippen LogP contribution is -2.30. The van der Waals surface area contributed by atoms with Crippen molar-refractivity contribution >= 4 is 17.3 Å². The third-order valence-corrected chi connectivity index (χ3v) is 4.61. The summed E-state index contributed by atoms with van der Waals surface area (Å²) >= 11 is 0. The summed E-state index contributed by atoms with van der Waals surface area (Å²) in [5, 5.41) is 16.2. The lowest BCUT2D eigenvalue weighted by Gasteiger charge is -2.27. The van der Waals surface area contributed by atoms with Crippen LogP contribution in [0.1, 0.15) is 37.6 Å². The molecule has 4 rings (SSSR count). The van der Waals surface area contributed by atoms with E-state index in [1.807, 2.05) is 25.3 Å². The monoisotopic (exact) mass is 337 g/mol. The normalized spacial score (nSPS) is 14.8. The zero-order valence-corrected chi connectivity index (χ0v) is 14.5. The number of aromatic nitrogens is 5. The van der Waals surface area contributed by atoms with Crippen LogP contribution < -0.4 is 10.2 Å². The highest BCUT2D eigenvalue weighted by atomic mass is 15.4. The molecular formula is C18H23N7. The van der Waals surface area contributed by atoms with Crippen molar-refractivity contribution < 1.29 is 0 Å². The zero-order valence-electron chi connectivity index (χ0n) is 14.5. The van der Waals surface area contributed by atoms with Gasteiger partial charge in [0.05, 0.1) is 0 Å². The summed E-state index contributed by atoms with van der Waals surface area (Å²) in [6.07, 6.45) is 6.62. The first kappa shape index (κ1) is 15.8. The van der Waals surface area contributed by atoms with Crippen LogP contribution in [0.15, 0.2) is 30.5 Å². The standard InChI is InChI=1S/C18H23N7/c1-2-16-21-22-18-9-7-15(23-25(16)18)19-12-14-6-8-17(20-13-14)24-10-4-3-5-11-24/h6-9,13H,2-5,10-12H2,1H3,(H,19,23). The largest absolute Gasteiger partial charge is 0.364 e. The van der Waals surface area contributed by atoms with Gasteiger partial charge in [0, 0.05) is 32.3 Å². The Hall–Kier alpha value is -2.70. The molecule has 0 bridgehead atoms. The van der Waals surface area contributed by atoms with Crippen molar-refractivity contribution in [2.24, 2.45) is 0 Å². The minimum atomic E-state index is 0.690. The Bertz CT molecular complexity index is 834. The molecule has 0 amide bonds. The van der Waals surface area contributed by atoms with Crippen LogP contribution in [0.3, 0.4) is 0 Å². The molecule has 7 heteroatoms. The van der Waals surface area contributed by atoms with Gasteiger partial charge in [0.1, 0.15) is 11.6 Å². The van der Waals surface area contributed by atoms with Crippen LogP contribution in [0, 0.1) is 0 Å². The predicted octanol–water partition coefficient (Wildman–Crippen LogP) is 2.68. The first-order valence-electron chi connectivity index (χ1n) is 8.98. The van der Waals surface area contributed by atoms with E-state index in [1.165, 1.54) is 19.3 Å². The van der Waals surface area contributed by atoms with Crippen molar-refractivity contribution in [3.05, 3.63) is 41.9 Å². The predicted molar refractivity (Wildman–Crippen MR) is 97.8 cm³/mol. The highest BCUT2D eigenvalue weighted by Crippen LogP contribution is 2.18. The summed E-state index contributed by atoms with van der Waals surface area (Å²) in [5.74, 6) is 2.76. The number of nitrogens with zero attached hydrogens (tertiary/aromatic N) is 6. The van der Waals surface area contributed by atoms with E-state index in [-0.39, 0.29) is 0 Å². The van der Waals surface area contributed by atoms with E-state index in [0.29, 0.717) is 6.54 Å². The van der Waals surface area contributed by atoms with Crippen LogP contribution in [-0.4, -0.2) is 37.9 Å². The van der Waals surface area contributed by atoms with Crippen molar-refractivity contribution in [2.45, 2.75) is 39.2 Å². The van der Waals surface area contributed by atoms with E-state index in [1.54, 1.807) is 4.52 Å². The van der Waals surface area contributed by atoms with Crippen LogP contribution in [0.25, 0.3) is 5.65 Å². The average molecular weight is 337 g/mol. The molecule has 1 N–H and O–H groups in total. The minimum absolute atomic E-state index is 0.690. The Morgan fingerprint density at radius 1 is 1.04 bits per heavy atom. The van der Waals surface area contributed by atoms with E-state index in [9.17, 15) is 0 Å². The summed E-state index contributed by atoms with van der Waals surface area (Å²) < 4.78 is 1.79. The molecular weight excluding hydrogens is 314 g/mol. The highest BCUT2D eigenvalue weighted by Gasteiger charge is 2.11. The maximum absolute atomic E-state index is 4.62. The molecule has 0 aliphatic carbocycles. The molecule has 0 unspecified atom stereocenters. The molecule has 3 aromatic heterocycles. The van der Waals surface area contributed by atoms with E-state index >= 15 is 0 Å². The molecule has 0 atom stereocenters. The van der Waals surface area contributed by atoms with Crippen LogP contribution in [-0.2, 0) is 13.0 Å². The summed E-state index contributed by atoms with van der Waals surface area (Å²) in [7, 11) is 0. The molecule has 25 heavy (non-hydrogen) atoms. The number of anilines is 2. The van der Waals surface area contributed by atoms with E-state index in [2.05, 4.69) is 42.6 Å². The molecule has 130 valence electrons. The summed E-state index contributed by atoms with van der Waals surface area (Å²) in [6.45, 7) is 4.98. The maximum Gasteiger partial charge on any atom is 0.178 e. The number of pyridine rings is 1. The Balaban J connectivity index is 1.42. The summed E-state index contributed by atoms with van der Waals surface area (Å²) in [6, 6.07) is 8.12. The van der Waals surface area contributed by atoms with Crippen LogP contribution >= 0.6 is 0 Å². The Labute approximate surface area is 147 Å². The molecule has 7 nitrogen and oxygen atoms in total. The summed E-state index contributed by atoms with van der Waals surface area (Å²) in [5.41, 5.74) is 1.91. The number of fused-ring (bicyclic) bond motifs is 1. The maximum atomic E-state index is 4.62. The van der Waals surface area contributed by atoms with Gasteiger partial charge in [-0.15, -0.1) is 15.3 Å². The fourth-order valence-electron chi connectivity index (χ4n) is 3.17. The number of piperidine rings is 1. The van der Waals surface area contributed by atoms with Crippen molar-refractivity contribution in [3.8, 4) is 0 Å². The fraction of sp³-hybridized carbons (Fsp3) is 0.444. The van der Waals surface area contributed by atoms with Crippen molar-refractivity contribution in [1.82, 2.24) is 24.8 Å². The Morgan fingerprint density at radius 3 is 2.68 bits per heavy atom. The van der Waals surface area contributed by atoms with Gasteiger partial charge in [-0.25, -0.2) is 4.98 Å². The molecule has 1 aliphatic rings. The Morgan fingerprint density at radius 2 is 1.92 bits per heavy atom. The lowest BCUT2D eigenvalue weighted by molar-refractivity contribution is 0.573. The molecule has 0 saturated carbocycles. The van der Waals surface area contributed by atoms with Gasteiger partial charge >= 0.3 is 0 Å². The first-order chi connectivity index (χ1) is 12.3. The molecule has 0 spiro atoms. The van der Waals surface area contributed by atoms with E-state index < -0.39 is 0 Å². The second kappa shape index (κ2) is 7.04. The fourth-order valence-corrected chi connectivity index (χ4v) is 3.17. The summed E-state index contributed by atoms with van der Waals surface area (Å²) in [4.78, 5) is 6.99. The van der Waals surface area contributed by atoms with Gasteiger partial charge in [0.25, 0.3) is 0 Å².